The van der Waals surface area contributed by atoms with Gasteiger partial charge in [-0.2, -0.15) is 0 Å². The van der Waals surface area contributed by atoms with Gasteiger partial charge in [0, 0.05) is 22.3 Å². The van der Waals surface area contributed by atoms with Crippen LogP contribution in [0.4, 0.5) is 0 Å². The van der Waals surface area contributed by atoms with E-state index in [2.05, 4.69) is 15.9 Å². The van der Waals surface area contributed by atoms with Crippen molar-refractivity contribution >= 4 is 27.7 Å². The highest BCUT2D eigenvalue weighted by molar-refractivity contribution is 9.10. The van der Waals surface area contributed by atoms with Crippen LogP contribution in [0.2, 0.25) is 0 Å². The molecule has 1 aromatic heterocycles. The summed E-state index contributed by atoms with van der Waals surface area (Å²) in [4.78, 5) is 25.2. The SMILES string of the molecule is Cc1cc2n(c1C(=O)c1cccc(Br)c1)CCC2C(=O)OC(C)C. The van der Waals surface area contributed by atoms with Crippen LogP contribution in [0.25, 0.3) is 0 Å². The van der Waals surface area contributed by atoms with Crippen LogP contribution in [0.3, 0.4) is 0 Å². The standard InChI is InChI=1S/C19H20BrNO3/c1-11(2)24-19(23)15-7-8-21-16(15)9-12(3)17(21)18(22)13-5-4-6-14(20)10-13/h4-6,9-11,15H,7-8H2,1-3H3. The fraction of sp³-hybridized carbons (Fsp3) is 0.368. The number of ketones is 1. The van der Waals surface area contributed by atoms with Crippen molar-refractivity contribution in [1.29, 1.82) is 0 Å². The molecule has 0 spiro atoms. The highest BCUT2D eigenvalue weighted by atomic mass is 79.9. The topological polar surface area (TPSA) is 48.3 Å². The van der Waals surface area contributed by atoms with Crippen molar-refractivity contribution in [3.8, 4) is 0 Å². The normalized spacial score (nSPS) is 16.3. The third-order valence-electron chi connectivity index (χ3n) is 4.26. The number of carbonyl (C=O) groups is 2. The molecule has 0 saturated carbocycles. The van der Waals surface area contributed by atoms with E-state index in [1.54, 1.807) is 0 Å². The summed E-state index contributed by atoms with van der Waals surface area (Å²) < 4.78 is 8.21. The Bertz CT molecular complexity index is 807. The lowest BCUT2D eigenvalue weighted by Crippen LogP contribution is -2.18. The Morgan fingerprint density at radius 1 is 1.29 bits per heavy atom. The minimum absolute atomic E-state index is 0.0158. The molecule has 0 saturated heterocycles. The number of esters is 1. The largest absolute Gasteiger partial charge is 0.462 e. The highest BCUT2D eigenvalue weighted by Crippen LogP contribution is 2.34. The van der Waals surface area contributed by atoms with Crippen molar-refractivity contribution in [3.63, 3.8) is 0 Å². The van der Waals surface area contributed by atoms with E-state index in [9.17, 15) is 9.59 Å². The monoisotopic (exact) mass is 389 g/mol. The summed E-state index contributed by atoms with van der Waals surface area (Å²) in [6.45, 7) is 6.27. The number of nitrogens with zero attached hydrogens (tertiary/aromatic N) is 1. The maximum Gasteiger partial charge on any atom is 0.315 e. The molecule has 3 rings (SSSR count). The van der Waals surface area contributed by atoms with E-state index in [0.717, 1.165) is 15.7 Å². The summed E-state index contributed by atoms with van der Waals surface area (Å²) in [6, 6.07) is 9.32. The minimum Gasteiger partial charge on any atom is -0.462 e. The average molecular weight is 390 g/mol. The van der Waals surface area contributed by atoms with Crippen molar-refractivity contribution in [2.24, 2.45) is 0 Å². The molecule has 4 nitrogen and oxygen atoms in total. The van der Waals surface area contributed by atoms with E-state index in [4.69, 9.17) is 4.74 Å². The molecule has 1 aromatic carbocycles. The highest BCUT2D eigenvalue weighted by Gasteiger charge is 2.34. The summed E-state index contributed by atoms with van der Waals surface area (Å²) in [7, 11) is 0. The fourth-order valence-corrected chi connectivity index (χ4v) is 3.67. The van der Waals surface area contributed by atoms with Gasteiger partial charge >= 0.3 is 5.97 Å². The maximum absolute atomic E-state index is 12.9. The first-order chi connectivity index (χ1) is 11.4. The zero-order valence-corrected chi connectivity index (χ0v) is 15.6. The van der Waals surface area contributed by atoms with Gasteiger partial charge in [-0.1, -0.05) is 28.1 Å². The van der Waals surface area contributed by atoms with E-state index >= 15 is 0 Å². The second kappa shape index (κ2) is 6.55. The molecule has 0 amide bonds. The molecule has 0 radical (unpaired) electrons. The lowest BCUT2D eigenvalue weighted by atomic mass is 10.0. The van der Waals surface area contributed by atoms with Crippen molar-refractivity contribution in [2.45, 2.75) is 45.8 Å². The molecule has 0 aliphatic carbocycles. The van der Waals surface area contributed by atoms with Crippen molar-refractivity contribution in [1.82, 2.24) is 4.57 Å². The first kappa shape index (κ1) is 17.0. The quantitative estimate of drug-likeness (QED) is 0.580. The Morgan fingerprint density at radius 2 is 2.04 bits per heavy atom. The molecule has 2 aromatic rings. The van der Waals surface area contributed by atoms with Crippen molar-refractivity contribution < 1.29 is 14.3 Å². The van der Waals surface area contributed by atoms with Crippen LogP contribution in [0.5, 0.6) is 0 Å². The molecule has 2 heterocycles. The van der Waals surface area contributed by atoms with Crippen molar-refractivity contribution in [2.75, 3.05) is 0 Å². The molecule has 0 fully saturated rings. The number of hydrogen-bond acceptors (Lipinski definition) is 3. The Labute approximate surface area is 149 Å². The Kier molecular flexibility index (Phi) is 4.63. The van der Waals surface area contributed by atoms with Crippen LogP contribution in [-0.2, 0) is 16.1 Å². The number of carbonyl (C=O) groups excluding carboxylic acids is 2. The molecule has 5 heteroatoms. The summed E-state index contributed by atoms with van der Waals surface area (Å²) in [6.07, 6.45) is 0.547. The second-order valence-corrected chi connectivity index (χ2v) is 7.33. The maximum atomic E-state index is 12.9. The number of halogens is 1. The Hall–Kier alpha value is -1.88. The van der Waals surface area contributed by atoms with Gasteiger partial charge in [-0.05, 0) is 51.0 Å². The lowest BCUT2D eigenvalue weighted by molar-refractivity contribution is -0.149. The molecular formula is C19H20BrNO3. The third kappa shape index (κ3) is 3.05. The first-order valence-electron chi connectivity index (χ1n) is 8.09. The zero-order valence-electron chi connectivity index (χ0n) is 14.0. The van der Waals surface area contributed by atoms with E-state index in [1.165, 1.54) is 0 Å². The predicted octanol–water partition coefficient (Wildman–Crippen LogP) is 4.23. The molecular weight excluding hydrogens is 370 g/mol. The molecule has 0 N–H and O–H groups in total. The van der Waals surface area contributed by atoms with E-state index in [1.807, 2.05) is 55.7 Å². The molecule has 1 unspecified atom stereocenters. The van der Waals surface area contributed by atoms with Crippen LogP contribution in [0.15, 0.2) is 34.8 Å². The van der Waals surface area contributed by atoms with Gasteiger partial charge in [0.2, 0.25) is 5.78 Å². The Balaban J connectivity index is 1.96. The molecule has 1 aliphatic rings. The summed E-state index contributed by atoms with van der Waals surface area (Å²) >= 11 is 3.41. The second-order valence-electron chi connectivity index (χ2n) is 6.42. The molecule has 0 bridgehead atoms. The van der Waals surface area contributed by atoms with Gasteiger partial charge in [0.25, 0.3) is 0 Å². The first-order valence-corrected chi connectivity index (χ1v) is 8.88. The van der Waals surface area contributed by atoms with Crippen LogP contribution in [-0.4, -0.2) is 22.4 Å². The molecule has 1 aliphatic heterocycles. The van der Waals surface area contributed by atoms with Crippen molar-refractivity contribution in [3.05, 3.63) is 57.3 Å². The number of aryl methyl sites for hydroxylation is 1. The van der Waals surface area contributed by atoms with Gasteiger partial charge in [-0.25, -0.2) is 0 Å². The van der Waals surface area contributed by atoms with Crippen LogP contribution < -0.4 is 0 Å². The van der Waals surface area contributed by atoms with Gasteiger partial charge in [0.1, 0.15) is 0 Å². The number of rotatable bonds is 4. The number of ether oxygens (including phenoxy) is 1. The molecule has 24 heavy (non-hydrogen) atoms. The van der Waals surface area contributed by atoms with Crippen LogP contribution in [0, 0.1) is 6.92 Å². The number of benzene rings is 1. The lowest BCUT2D eigenvalue weighted by Gasteiger charge is -2.12. The number of fused-ring (bicyclic) bond motifs is 1. The smallest absolute Gasteiger partial charge is 0.315 e. The van der Waals surface area contributed by atoms with Crippen LogP contribution in [0.1, 0.15) is 53.5 Å². The third-order valence-corrected chi connectivity index (χ3v) is 4.75. The minimum atomic E-state index is -0.282. The Morgan fingerprint density at radius 3 is 2.71 bits per heavy atom. The molecule has 126 valence electrons. The average Bonchev–Trinajstić information content (AvgIpc) is 3.03. The zero-order chi connectivity index (χ0) is 17.4. The van der Waals surface area contributed by atoms with Crippen LogP contribution >= 0.6 is 15.9 Å². The van der Waals surface area contributed by atoms with Gasteiger partial charge in [0.15, 0.2) is 0 Å². The fourth-order valence-electron chi connectivity index (χ4n) is 3.27. The number of aromatic nitrogens is 1. The van der Waals surface area contributed by atoms with E-state index < -0.39 is 0 Å². The predicted molar refractivity (Wildman–Crippen MR) is 95.3 cm³/mol. The van der Waals surface area contributed by atoms with Gasteiger partial charge in [-0.15, -0.1) is 0 Å². The molecule has 1 atom stereocenters. The summed E-state index contributed by atoms with van der Waals surface area (Å²) in [5, 5.41) is 0. The van der Waals surface area contributed by atoms with E-state index in [0.29, 0.717) is 24.2 Å². The van der Waals surface area contributed by atoms with Gasteiger partial charge < -0.3 is 9.30 Å². The summed E-state index contributed by atoms with van der Waals surface area (Å²) in [5.41, 5.74) is 3.10. The van der Waals surface area contributed by atoms with E-state index in [-0.39, 0.29) is 23.8 Å². The van der Waals surface area contributed by atoms with Gasteiger partial charge in [-0.3, -0.25) is 9.59 Å². The van der Waals surface area contributed by atoms with Gasteiger partial charge in [0.05, 0.1) is 17.7 Å². The number of hydrogen-bond donors (Lipinski definition) is 0. The summed E-state index contributed by atoms with van der Waals surface area (Å²) in [5.74, 6) is -0.504.